The molecule has 2 aromatic heterocycles. The zero-order valence-corrected chi connectivity index (χ0v) is 12.6. The quantitative estimate of drug-likeness (QED) is 0.874. The first-order valence-corrected chi connectivity index (χ1v) is 7.69. The highest BCUT2D eigenvalue weighted by Gasteiger charge is 2.20. The summed E-state index contributed by atoms with van der Waals surface area (Å²) in [7, 11) is 0. The molecule has 0 spiro atoms. The average molecular weight is 296 g/mol. The van der Waals surface area contributed by atoms with E-state index in [-0.39, 0.29) is 11.7 Å². The third-order valence-corrected chi connectivity index (χ3v) is 4.65. The summed E-state index contributed by atoms with van der Waals surface area (Å²) in [6.45, 7) is 6.05. The monoisotopic (exact) mass is 296 g/mol. The number of hydrogen-bond acceptors (Lipinski definition) is 5. The van der Waals surface area contributed by atoms with Gasteiger partial charge in [-0.2, -0.15) is 0 Å². The van der Waals surface area contributed by atoms with E-state index >= 15 is 0 Å². The normalized spacial score (nSPS) is 12.6. The van der Waals surface area contributed by atoms with Gasteiger partial charge in [0.2, 0.25) is 0 Å². The molecular weight excluding hydrogens is 280 g/mol. The van der Waals surface area contributed by atoms with Crippen LogP contribution in [0.4, 0.5) is 5.13 Å². The lowest BCUT2D eigenvalue weighted by molar-refractivity contribution is 0.0690. The molecule has 0 saturated carbocycles. The van der Waals surface area contributed by atoms with Crippen molar-refractivity contribution in [1.29, 1.82) is 0 Å². The molecule has 0 radical (unpaired) electrons. The molecule has 2 rings (SSSR count). The predicted octanol–water partition coefficient (Wildman–Crippen LogP) is 4.02. The molecule has 2 heterocycles. The van der Waals surface area contributed by atoms with Gasteiger partial charge in [-0.15, -0.1) is 22.7 Å². The fourth-order valence-corrected chi connectivity index (χ4v) is 3.62. The number of carbonyl (C=O) groups is 1. The Hall–Kier alpha value is -1.40. The van der Waals surface area contributed by atoms with Gasteiger partial charge < -0.3 is 10.4 Å². The van der Waals surface area contributed by atoms with Gasteiger partial charge in [-0.25, -0.2) is 9.78 Å². The van der Waals surface area contributed by atoms with Crippen LogP contribution >= 0.6 is 22.7 Å². The number of aryl methyl sites for hydroxylation is 1. The van der Waals surface area contributed by atoms with Crippen LogP contribution < -0.4 is 5.32 Å². The van der Waals surface area contributed by atoms with Crippen LogP contribution in [-0.2, 0) is 0 Å². The number of rotatable bonds is 5. The zero-order chi connectivity index (χ0) is 14.0. The molecule has 2 aromatic rings. The van der Waals surface area contributed by atoms with Crippen molar-refractivity contribution < 1.29 is 9.90 Å². The van der Waals surface area contributed by atoms with E-state index in [4.69, 9.17) is 5.11 Å². The first kappa shape index (κ1) is 14.0. The molecule has 0 aliphatic carbocycles. The second-order valence-corrected chi connectivity index (χ2v) is 6.79. The molecule has 0 saturated heterocycles. The van der Waals surface area contributed by atoms with Crippen LogP contribution in [0.15, 0.2) is 17.5 Å². The van der Waals surface area contributed by atoms with Gasteiger partial charge in [0.05, 0.1) is 6.04 Å². The fraction of sp³-hybridized carbons (Fsp3) is 0.385. The third kappa shape index (κ3) is 3.13. The van der Waals surface area contributed by atoms with Crippen LogP contribution in [0, 0.1) is 12.8 Å². The minimum Gasteiger partial charge on any atom is -0.476 e. The lowest BCUT2D eigenvalue weighted by Gasteiger charge is -2.20. The number of thiazole rings is 1. The van der Waals surface area contributed by atoms with Gasteiger partial charge in [0.25, 0.3) is 0 Å². The first-order valence-electron chi connectivity index (χ1n) is 5.99. The average Bonchev–Trinajstić information content (AvgIpc) is 2.94. The van der Waals surface area contributed by atoms with Gasteiger partial charge in [-0.05, 0) is 24.3 Å². The van der Waals surface area contributed by atoms with Crippen molar-refractivity contribution in [2.45, 2.75) is 26.8 Å². The number of carboxylic acid groups (broad SMARTS) is 1. The summed E-state index contributed by atoms with van der Waals surface area (Å²) < 4.78 is 0. The van der Waals surface area contributed by atoms with Crippen LogP contribution in [0.25, 0.3) is 0 Å². The molecule has 1 unspecified atom stereocenters. The van der Waals surface area contributed by atoms with Gasteiger partial charge in [0.1, 0.15) is 0 Å². The number of nitrogens with zero attached hydrogens (tertiary/aromatic N) is 1. The number of hydrogen-bond donors (Lipinski definition) is 2. The number of thiophene rings is 1. The summed E-state index contributed by atoms with van der Waals surface area (Å²) in [5.41, 5.74) is 0.140. The largest absolute Gasteiger partial charge is 0.476 e. The Morgan fingerprint density at radius 1 is 1.47 bits per heavy atom. The van der Waals surface area contributed by atoms with E-state index < -0.39 is 5.97 Å². The molecule has 1 atom stereocenters. The van der Waals surface area contributed by atoms with E-state index in [1.807, 2.05) is 11.4 Å². The minimum absolute atomic E-state index is 0.140. The van der Waals surface area contributed by atoms with E-state index in [2.05, 4.69) is 30.2 Å². The second-order valence-electron chi connectivity index (χ2n) is 4.61. The van der Waals surface area contributed by atoms with Gasteiger partial charge in [0, 0.05) is 9.75 Å². The molecule has 2 N–H and O–H groups in total. The molecule has 6 heteroatoms. The maximum atomic E-state index is 11.0. The molecule has 0 aromatic carbocycles. The highest BCUT2D eigenvalue weighted by Crippen LogP contribution is 2.32. The van der Waals surface area contributed by atoms with Crippen molar-refractivity contribution in [1.82, 2.24) is 4.98 Å². The lowest BCUT2D eigenvalue weighted by atomic mass is 10.0. The number of aromatic nitrogens is 1. The Morgan fingerprint density at radius 3 is 2.68 bits per heavy atom. The summed E-state index contributed by atoms with van der Waals surface area (Å²) in [5, 5.41) is 15.1. The van der Waals surface area contributed by atoms with Crippen molar-refractivity contribution >= 4 is 33.8 Å². The lowest BCUT2D eigenvalue weighted by Crippen LogP contribution is -2.15. The predicted molar refractivity (Wildman–Crippen MR) is 79.3 cm³/mol. The van der Waals surface area contributed by atoms with E-state index in [9.17, 15) is 4.79 Å². The summed E-state index contributed by atoms with van der Waals surface area (Å²) >= 11 is 3.08. The maximum Gasteiger partial charge on any atom is 0.355 e. The minimum atomic E-state index is -0.973. The first-order chi connectivity index (χ1) is 8.99. The van der Waals surface area contributed by atoms with Crippen LogP contribution in [0.5, 0.6) is 0 Å². The molecule has 4 nitrogen and oxygen atoms in total. The van der Waals surface area contributed by atoms with Crippen LogP contribution in [0.3, 0.4) is 0 Å². The van der Waals surface area contributed by atoms with Crippen molar-refractivity contribution in [2.24, 2.45) is 5.92 Å². The molecule has 19 heavy (non-hydrogen) atoms. The smallest absolute Gasteiger partial charge is 0.355 e. The fourth-order valence-electron chi connectivity index (χ4n) is 1.82. The van der Waals surface area contributed by atoms with Crippen molar-refractivity contribution in [2.75, 3.05) is 5.32 Å². The Morgan fingerprint density at radius 2 is 2.21 bits per heavy atom. The van der Waals surface area contributed by atoms with Crippen molar-refractivity contribution in [3.05, 3.63) is 33.0 Å². The van der Waals surface area contributed by atoms with E-state index in [0.29, 0.717) is 11.0 Å². The molecule has 102 valence electrons. The SMILES string of the molecule is Cc1sc(NC(c2cccs2)C(C)C)nc1C(=O)O. The molecule has 0 aliphatic rings. The summed E-state index contributed by atoms with van der Waals surface area (Å²) in [6, 6.07) is 4.26. The summed E-state index contributed by atoms with van der Waals surface area (Å²) in [4.78, 5) is 17.1. The topological polar surface area (TPSA) is 62.2 Å². The molecule has 0 fully saturated rings. The van der Waals surface area contributed by atoms with E-state index in [1.54, 1.807) is 18.3 Å². The Kier molecular flexibility index (Phi) is 4.21. The van der Waals surface area contributed by atoms with Crippen molar-refractivity contribution in [3.63, 3.8) is 0 Å². The molecule has 0 bridgehead atoms. The highest BCUT2D eigenvalue weighted by atomic mass is 32.1. The van der Waals surface area contributed by atoms with Gasteiger partial charge >= 0.3 is 5.97 Å². The van der Waals surface area contributed by atoms with Crippen LogP contribution in [0.2, 0.25) is 0 Å². The molecule has 0 aliphatic heterocycles. The second kappa shape index (κ2) is 5.71. The van der Waals surface area contributed by atoms with Gasteiger partial charge in [-0.1, -0.05) is 19.9 Å². The summed E-state index contributed by atoms with van der Waals surface area (Å²) in [5.74, 6) is -0.574. The summed E-state index contributed by atoms with van der Waals surface area (Å²) in [6.07, 6.45) is 0. The number of aromatic carboxylic acids is 1. The highest BCUT2D eigenvalue weighted by molar-refractivity contribution is 7.15. The Balaban J connectivity index is 2.23. The third-order valence-electron chi connectivity index (χ3n) is 2.79. The number of nitrogens with one attached hydrogen (secondary N) is 1. The zero-order valence-electron chi connectivity index (χ0n) is 11.0. The van der Waals surface area contributed by atoms with Crippen LogP contribution in [-0.4, -0.2) is 16.1 Å². The maximum absolute atomic E-state index is 11.0. The Labute approximate surface area is 120 Å². The number of carboxylic acids is 1. The van der Waals surface area contributed by atoms with Gasteiger partial charge in [0.15, 0.2) is 10.8 Å². The van der Waals surface area contributed by atoms with Crippen LogP contribution in [0.1, 0.15) is 40.1 Å². The van der Waals surface area contributed by atoms with E-state index in [1.165, 1.54) is 16.2 Å². The van der Waals surface area contributed by atoms with Gasteiger partial charge in [-0.3, -0.25) is 0 Å². The van der Waals surface area contributed by atoms with E-state index in [0.717, 1.165) is 4.88 Å². The standard InChI is InChI=1S/C13H16N2O2S2/c1-7(2)10(9-5-4-6-18-9)14-13-15-11(12(16)17)8(3)19-13/h4-7,10H,1-3H3,(H,14,15)(H,16,17). The molecule has 0 amide bonds. The number of anilines is 1. The Bertz CT molecular complexity index is 561. The molecular formula is C13H16N2O2S2. The van der Waals surface area contributed by atoms with Crippen molar-refractivity contribution in [3.8, 4) is 0 Å².